The molecule has 1 fully saturated rings. The molecule has 0 unspecified atom stereocenters. The molecule has 0 amide bonds. The van der Waals surface area contributed by atoms with E-state index in [9.17, 15) is 0 Å². The zero-order valence-electron chi connectivity index (χ0n) is 12.0. The second-order valence-corrected chi connectivity index (χ2v) is 5.69. The molecule has 0 aromatic carbocycles. The third kappa shape index (κ3) is 3.51. The molecule has 0 atom stereocenters. The molecule has 0 spiro atoms. The van der Waals surface area contributed by atoms with E-state index in [0.29, 0.717) is 11.9 Å². The first kappa shape index (κ1) is 14.4. The lowest BCUT2D eigenvalue weighted by molar-refractivity contribution is 0.220. The Morgan fingerprint density at radius 1 is 1.42 bits per heavy atom. The minimum Gasteiger partial charge on any atom is -0.383 e. The van der Waals surface area contributed by atoms with Crippen LogP contribution in [0.3, 0.4) is 0 Å². The SMILES string of the molecule is CCN1CCC(N(C)c2cc(N)nc(SC)n2)CC1. The van der Waals surface area contributed by atoms with Crippen molar-refractivity contribution in [2.24, 2.45) is 0 Å². The molecule has 0 saturated carbocycles. The Morgan fingerprint density at radius 2 is 2.11 bits per heavy atom. The van der Waals surface area contributed by atoms with Crippen molar-refractivity contribution in [2.75, 3.05) is 43.6 Å². The third-order valence-electron chi connectivity index (χ3n) is 3.81. The Hall–Kier alpha value is -1.01. The van der Waals surface area contributed by atoms with E-state index < -0.39 is 0 Å². The molecular weight excluding hydrogens is 258 g/mol. The maximum atomic E-state index is 5.85. The van der Waals surface area contributed by atoms with Crippen LogP contribution in [0.15, 0.2) is 11.2 Å². The summed E-state index contributed by atoms with van der Waals surface area (Å²) in [5, 5.41) is 0.743. The summed E-state index contributed by atoms with van der Waals surface area (Å²) in [6.07, 6.45) is 4.34. The van der Waals surface area contributed by atoms with Gasteiger partial charge in [-0.3, -0.25) is 0 Å². The Morgan fingerprint density at radius 3 is 2.68 bits per heavy atom. The van der Waals surface area contributed by atoms with Gasteiger partial charge in [-0.05, 0) is 25.6 Å². The van der Waals surface area contributed by atoms with Gasteiger partial charge in [0.2, 0.25) is 0 Å². The topological polar surface area (TPSA) is 58.3 Å². The first-order valence-electron chi connectivity index (χ1n) is 6.77. The van der Waals surface area contributed by atoms with E-state index in [4.69, 9.17) is 5.73 Å². The lowest BCUT2D eigenvalue weighted by Gasteiger charge is -2.36. The molecule has 5 nitrogen and oxygen atoms in total. The number of thioether (sulfide) groups is 1. The summed E-state index contributed by atoms with van der Waals surface area (Å²) in [6.45, 7) is 5.70. The van der Waals surface area contributed by atoms with Crippen LogP contribution in [0, 0.1) is 0 Å². The summed E-state index contributed by atoms with van der Waals surface area (Å²) in [6, 6.07) is 2.41. The standard InChI is InChI=1S/C13H23N5S/c1-4-18-7-5-10(6-8-18)17(2)12-9-11(14)15-13(16-12)19-3/h9-10H,4-8H2,1-3H3,(H2,14,15,16). The van der Waals surface area contributed by atoms with Gasteiger partial charge < -0.3 is 15.5 Å². The highest BCUT2D eigenvalue weighted by molar-refractivity contribution is 7.98. The fourth-order valence-corrected chi connectivity index (χ4v) is 2.89. The number of nitrogens with zero attached hydrogens (tertiary/aromatic N) is 4. The van der Waals surface area contributed by atoms with Gasteiger partial charge in [-0.1, -0.05) is 18.7 Å². The van der Waals surface area contributed by atoms with Crippen LogP contribution in [0.5, 0.6) is 0 Å². The van der Waals surface area contributed by atoms with E-state index in [0.717, 1.165) is 17.5 Å². The number of hydrogen-bond acceptors (Lipinski definition) is 6. The molecule has 2 heterocycles. The molecule has 1 aliphatic rings. The highest BCUT2D eigenvalue weighted by atomic mass is 32.2. The number of piperidine rings is 1. The number of likely N-dealkylation sites (tertiary alicyclic amines) is 1. The van der Waals surface area contributed by atoms with Crippen molar-refractivity contribution >= 4 is 23.4 Å². The Labute approximate surface area is 119 Å². The summed E-state index contributed by atoms with van der Waals surface area (Å²) in [5.41, 5.74) is 5.85. The van der Waals surface area contributed by atoms with Crippen molar-refractivity contribution in [1.29, 1.82) is 0 Å². The Kier molecular flexibility index (Phi) is 4.87. The van der Waals surface area contributed by atoms with Crippen LogP contribution in [-0.2, 0) is 0 Å². The largest absolute Gasteiger partial charge is 0.383 e. The zero-order valence-corrected chi connectivity index (χ0v) is 12.8. The molecule has 2 rings (SSSR count). The minimum atomic E-state index is 0.548. The summed E-state index contributed by atoms with van der Waals surface area (Å²) in [4.78, 5) is 13.5. The van der Waals surface area contributed by atoms with Crippen LogP contribution in [0.25, 0.3) is 0 Å². The first-order valence-corrected chi connectivity index (χ1v) is 8.00. The third-order valence-corrected chi connectivity index (χ3v) is 4.36. The van der Waals surface area contributed by atoms with Crippen molar-refractivity contribution in [3.05, 3.63) is 6.07 Å². The van der Waals surface area contributed by atoms with E-state index >= 15 is 0 Å². The molecule has 0 bridgehead atoms. The molecule has 0 radical (unpaired) electrons. The average molecular weight is 281 g/mol. The molecule has 1 aliphatic heterocycles. The van der Waals surface area contributed by atoms with Gasteiger partial charge in [-0.25, -0.2) is 9.97 Å². The Bertz CT molecular complexity index is 417. The van der Waals surface area contributed by atoms with Crippen LogP contribution in [0.4, 0.5) is 11.6 Å². The normalized spacial score (nSPS) is 17.6. The van der Waals surface area contributed by atoms with Gasteiger partial charge in [0.15, 0.2) is 5.16 Å². The van der Waals surface area contributed by atoms with Crippen LogP contribution in [-0.4, -0.2) is 53.8 Å². The number of aromatic nitrogens is 2. The predicted octanol–water partition coefficient (Wildman–Crippen LogP) is 1.70. The van der Waals surface area contributed by atoms with Crippen LogP contribution in [0.1, 0.15) is 19.8 Å². The average Bonchev–Trinajstić information content (AvgIpc) is 2.46. The van der Waals surface area contributed by atoms with Crippen molar-refractivity contribution in [1.82, 2.24) is 14.9 Å². The van der Waals surface area contributed by atoms with Gasteiger partial charge in [0.1, 0.15) is 11.6 Å². The first-order chi connectivity index (χ1) is 9.13. The lowest BCUT2D eigenvalue weighted by atomic mass is 10.0. The molecule has 1 aromatic heterocycles. The number of nitrogens with two attached hydrogens (primary N) is 1. The van der Waals surface area contributed by atoms with E-state index in [2.05, 4.69) is 33.7 Å². The zero-order chi connectivity index (χ0) is 13.8. The molecular formula is C13H23N5S. The number of rotatable bonds is 4. The fourth-order valence-electron chi connectivity index (χ4n) is 2.51. The second-order valence-electron chi connectivity index (χ2n) is 4.91. The van der Waals surface area contributed by atoms with Gasteiger partial charge in [0, 0.05) is 32.2 Å². The van der Waals surface area contributed by atoms with Crippen molar-refractivity contribution < 1.29 is 0 Å². The van der Waals surface area contributed by atoms with Crippen molar-refractivity contribution in [3.8, 4) is 0 Å². The van der Waals surface area contributed by atoms with Crippen LogP contribution in [0.2, 0.25) is 0 Å². The van der Waals surface area contributed by atoms with E-state index in [-0.39, 0.29) is 0 Å². The molecule has 2 N–H and O–H groups in total. The molecule has 6 heteroatoms. The summed E-state index contributed by atoms with van der Waals surface area (Å²) in [7, 11) is 2.11. The molecule has 0 aliphatic carbocycles. The lowest BCUT2D eigenvalue weighted by Crippen LogP contribution is -2.43. The maximum absolute atomic E-state index is 5.85. The monoisotopic (exact) mass is 281 g/mol. The van der Waals surface area contributed by atoms with Crippen molar-refractivity contribution in [2.45, 2.75) is 31.0 Å². The number of nitrogen functional groups attached to an aromatic ring is 1. The number of anilines is 2. The highest BCUT2D eigenvalue weighted by Crippen LogP contribution is 2.23. The fraction of sp³-hybridized carbons (Fsp3) is 0.692. The molecule has 106 valence electrons. The van der Waals surface area contributed by atoms with E-state index in [1.165, 1.54) is 37.7 Å². The van der Waals surface area contributed by atoms with Crippen molar-refractivity contribution in [3.63, 3.8) is 0 Å². The second kappa shape index (κ2) is 6.43. The van der Waals surface area contributed by atoms with Gasteiger partial charge >= 0.3 is 0 Å². The molecule has 1 saturated heterocycles. The van der Waals surface area contributed by atoms with Crippen LogP contribution >= 0.6 is 11.8 Å². The smallest absolute Gasteiger partial charge is 0.191 e. The highest BCUT2D eigenvalue weighted by Gasteiger charge is 2.23. The predicted molar refractivity (Wildman–Crippen MR) is 81.8 cm³/mol. The van der Waals surface area contributed by atoms with Gasteiger partial charge in [-0.15, -0.1) is 0 Å². The summed E-state index contributed by atoms with van der Waals surface area (Å²) in [5.74, 6) is 1.49. The van der Waals surface area contributed by atoms with Crippen LogP contribution < -0.4 is 10.6 Å². The van der Waals surface area contributed by atoms with Gasteiger partial charge in [-0.2, -0.15) is 0 Å². The minimum absolute atomic E-state index is 0.548. The summed E-state index contributed by atoms with van der Waals surface area (Å²) < 4.78 is 0. The van der Waals surface area contributed by atoms with E-state index in [1.54, 1.807) is 0 Å². The van der Waals surface area contributed by atoms with Gasteiger partial charge in [0.25, 0.3) is 0 Å². The number of hydrogen-bond donors (Lipinski definition) is 1. The Balaban J connectivity index is 2.07. The maximum Gasteiger partial charge on any atom is 0.191 e. The summed E-state index contributed by atoms with van der Waals surface area (Å²) >= 11 is 1.53. The van der Waals surface area contributed by atoms with Gasteiger partial charge in [0.05, 0.1) is 0 Å². The molecule has 19 heavy (non-hydrogen) atoms. The van der Waals surface area contributed by atoms with E-state index in [1.807, 2.05) is 12.3 Å². The quantitative estimate of drug-likeness (QED) is 0.669. The molecule has 1 aromatic rings.